The molecule has 0 heterocycles. The average Bonchev–Trinajstić information content (AvgIpc) is 2.60. The number of unbranched alkanes of at least 4 members (excludes halogenated alkanes) is 15. The number of alkyl halides is 3. The van der Waals surface area contributed by atoms with Crippen molar-refractivity contribution in [3.63, 3.8) is 0 Å². The molecule has 6 heteroatoms. The highest BCUT2D eigenvalue weighted by molar-refractivity contribution is 6.72. The zero-order valence-corrected chi connectivity index (χ0v) is 19.5. The first-order chi connectivity index (χ1) is 13.2. The summed E-state index contributed by atoms with van der Waals surface area (Å²) in [6.45, 7) is 5.62. The van der Waals surface area contributed by atoms with Gasteiger partial charge < -0.3 is 4.43 Å². The molecule has 0 fully saturated rings. The summed E-state index contributed by atoms with van der Waals surface area (Å²) in [6, 6.07) is 0.604. The lowest BCUT2D eigenvalue weighted by atomic mass is 10.0. The van der Waals surface area contributed by atoms with Crippen molar-refractivity contribution in [1.82, 2.24) is 0 Å². The zero-order chi connectivity index (χ0) is 21.3. The Hall–Kier alpha value is -0.523. The Bertz CT molecular complexity index is 384. The first kappa shape index (κ1) is 27.5. The number of carbonyl (C=O) groups is 1. The molecule has 168 valence electrons. The molecule has 0 rings (SSSR count). The van der Waals surface area contributed by atoms with E-state index in [0.29, 0.717) is 6.04 Å². The standard InChI is InChI=1S/C22H43F3O2Si/c1-4-5-6-7-8-9-10-11-12-13-14-15-16-17-18-19-20-28(2,3)27-21(26)22(23,24)25/h4-20H2,1-3H3. The van der Waals surface area contributed by atoms with E-state index in [2.05, 4.69) is 6.92 Å². The second-order valence-electron chi connectivity index (χ2n) is 8.70. The van der Waals surface area contributed by atoms with Gasteiger partial charge in [0, 0.05) is 0 Å². The van der Waals surface area contributed by atoms with Gasteiger partial charge in [0.15, 0.2) is 0 Å². The molecule has 0 aromatic rings. The summed E-state index contributed by atoms with van der Waals surface area (Å²) in [5.74, 6) is -2.03. The number of halogens is 3. The van der Waals surface area contributed by atoms with Crippen LogP contribution in [0.4, 0.5) is 13.2 Å². The van der Waals surface area contributed by atoms with Crippen molar-refractivity contribution in [2.24, 2.45) is 0 Å². The monoisotopic (exact) mass is 424 g/mol. The van der Waals surface area contributed by atoms with Crippen molar-refractivity contribution in [1.29, 1.82) is 0 Å². The molecule has 0 aromatic carbocycles. The first-order valence-electron chi connectivity index (χ1n) is 11.5. The van der Waals surface area contributed by atoms with Crippen LogP contribution in [0.1, 0.15) is 110 Å². The van der Waals surface area contributed by atoms with Crippen LogP contribution in [-0.4, -0.2) is 20.5 Å². The quantitative estimate of drug-likeness (QED) is 0.163. The van der Waals surface area contributed by atoms with Crippen LogP contribution in [0.3, 0.4) is 0 Å². The fourth-order valence-corrected chi connectivity index (χ4v) is 5.28. The number of rotatable bonds is 18. The van der Waals surface area contributed by atoms with E-state index in [9.17, 15) is 18.0 Å². The van der Waals surface area contributed by atoms with Crippen LogP contribution in [0.2, 0.25) is 19.1 Å². The molecule has 0 amide bonds. The van der Waals surface area contributed by atoms with E-state index >= 15 is 0 Å². The Morgan fingerprint density at radius 3 is 1.32 bits per heavy atom. The van der Waals surface area contributed by atoms with Crippen LogP contribution in [0.5, 0.6) is 0 Å². The van der Waals surface area contributed by atoms with Gasteiger partial charge in [-0.25, -0.2) is 4.79 Å². The van der Waals surface area contributed by atoms with Crippen molar-refractivity contribution >= 4 is 14.3 Å². The third kappa shape index (κ3) is 17.6. The molecule has 0 atom stereocenters. The van der Waals surface area contributed by atoms with Gasteiger partial charge in [0.2, 0.25) is 8.32 Å². The van der Waals surface area contributed by atoms with Crippen LogP contribution in [-0.2, 0) is 9.22 Å². The lowest BCUT2D eigenvalue weighted by Crippen LogP contribution is -2.39. The molecule has 0 aliphatic heterocycles. The molecule has 0 aromatic heterocycles. The molecular weight excluding hydrogens is 381 g/mol. The fraction of sp³-hybridized carbons (Fsp3) is 0.955. The van der Waals surface area contributed by atoms with Gasteiger partial charge in [-0.3, -0.25) is 0 Å². The van der Waals surface area contributed by atoms with E-state index in [1.165, 1.54) is 83.5 Å². The van der Waals surface area contributed by atoms with Crippen molar-refractivity contribution in [3.05, 3.63) is 0 Å². The molecule has 0 saturated carbocycles. The molecule has 0 unspecified atom stereocenters. The lowest BCUT2D eigenvalue weighted by Gasteiger charge is -2.23. The number of hydrogen-bond acceptors (Lipinski definition) is 2. The average molecular weight is 425 g/mol. The molecule has 0 saturated heterocycles. The zero-order valence-electron chi connectivity index (χ0n) is 18.5. The third-order valence-electron chi connectivity index (χ3n) is 5.23. The normalized spacial score (nSPS) is 12.4. The van der Waals surface area contributed by atoms with Gasteiger partial charge in [0.25, 0.3) is 0 Å². The highest BCUT2D eigenvalue weighted by Gasteiger charge is 2.44. The van der Waals surface area contributed by atoms with Crippen molar-refractivity contribution < 1.29 is 22.4 Å². The van der Waals surface area contributed by atoms with E-state index < -0.39 is 20.5 Å². The summed E-state index contributed by atoms with van der Waals surface area (Å²) < 4.78 is 41.5. The maximum atomic E-state index is 12.3. The number of hydrogen-bond donors (Lipinski definition) is 0. The second-order valence-corrected chi connectivity index (χ2v) is 12.9. The van der Waals surface area contributed by atoms with Gasteiger partial charge in [-0.2, -0.15) is 13.2 Å². The summed E-state index contributed by atoms with van der Waals surface area (Å²) in [6.07, 6.45) is 15.5. The van der Waals surface area contributed by atoms with Gasteiger partial charge in [0.1, 0.15) is 0 Å². The molecule has 0 aliphatic rings. The van der Waals surface area contributed by atoms with Crippen molar-refractivity contribution in [2.75, 3.05) is 0 Å². The van der Waals surface area contributed by atoms with Gasteiger partial charge in [-0.15, -0.1) is 0 Å². The van der Waals surface area contributed by atoms with E-state index in [-0.39, 0.29) is 0 Å². The smallest absolute Gasteiger partial charge is 0.489 e. The van der Waals surface area contributed by atoms with Crippen LogP contribution in [0.15, 0.2) is 0 Å². The Labute approximate surface area is 172 Å². The van der Waals surface area contributed by atoms with E-state index in [1.807, 2.05) is 0 Å². The van der Waals surface area contributed by atoms with Crippen molar-refractivity contribution in [3.8, 4) is 0 Å². The maximum Gasteiger partial charge on any atom is 0.489 e. The summed E-state index contributed by atoms with van der Waals surface area (Å²) in [5, 5.41) is 0. The highest BCUT2D eigenvalue weighted by atomic mass is 28.4. The first-order valence-corrected chi connectivity index (χ1v) is 14.6. The second kappa shape index (κ2) is 16.3. The van der Waals surface area contributed by atoms with Crippen molar-refractivity contribution in [2.45, 2.75) is 135 Å². The van der Waals surface area contributed by atoms with E-state index in [1.54, 1.807) is 13.1 Å². The van der Waals surface area contributed by atoms with Gasteiger partial charge in [0.05, 0.1) is 0 Å². The maximum absolute atomic E-state index is 12.3. The minimum absolute atomic E-state index is 0.604. The topological polar surface area (TPSA) is 26.3 Å². The lowest BCUT2D eigenvalue weighted by molar-refractivity contribution is -0.190. The summed E-state index contributed by atoms with van der Waals surface area (Å²) in [4.78, 5) is 10.9. The Morgan fingerprint density at radius 1 is 0.679 bits per heavy atom. The van der Waals surface area contributed by atoms with Crippen LogP contribution < -0.4 is 0 Å². The van der Waals surface area contributed by atoms with E-state index in [0.717, 1.165) is 19.3 Å². The SMILES string of the molecule is CCCCCCCCCCCCCCCCCC[Si](C)(C)OC(=O)C(F)(F)F. The Balaban J connectivity index is 3.38. The molecule has 0 spiro atoms. The Kier molecular flexibility index (Phi) is 16.0. The van der Waals surface area contributed by atoms with E-state index in [4.69, 9.17) is 4.43 Å². The molecular formula is C22H43F3O2Si. The minimum Gasteiger partial charge on any atom is -0.513 e. The highest BCUT2D eigenvalue weighted by Crippen LogP contribution is 2.23. The van der Waals surface area contributed by atoms with Gasteiger partial charge in [-0.1, -0.05) is 110 Å². The van der Waals surface area contributed by atoms with Crippen LogP contribution in [0.25, 0.3) is 0 Å². The predicted molar refractivity (Wildman–Crippen MR) is 114 cm³/mol. The predicted octanol–water partition coefficient (Wildman–Crippen LogP) is 8.56. The summed E-state index contributed by atoms with van der Waals surface area (Å²) >= 11 is 0. The third-order valence-corrected chi connectivity index (χ3v) is 7.53. The minimum atomic E-state index is -4.88. The van der Waals surface area contributed by atoms with Gasteiger partial charge in [-0.05, 0) is 19.1 Å². The summed E-state index contributed by atoms with van der Waals surface area (Å²) in [5.41, 5.74) is 0. The largest absolute Gasteiger partial charge is 0.513 e. The van der Waals surface area contributed by atoms with Crippen LogP contribution in [0, 0.1) is 0 Å². The molecule has 0 N–H and O–H groups in total. The Morgan fingerprint density at radius 2 is 1.00 bits per heavy atom. The van der Waals surface area contributed by atoms with Gasteiger partial charge >= 0.3 is 12.1 Å². The molecule has 0 bridgehead atoms. The fourth-order valence-electron chi connectivity index (χ4n) is 3.46. The number of carbonyl (C=O) groups excluding carboxylic acids is 1. The molecule has 0 radical (unpaired) electrons. The summed E-state index contributed by atoms with van der Waals surface area (Å²) in [7, 11) is -2.55. The molecule has 2 nitrogen and oxygen atoms in total. The van der Waals surface area contributed by atoms with Crippen LogP contribution >= 0.6 is 0 Å². The molecule has 0 aliphatic carbocycles. The molecule has 28 heavy (non-hydrogen) atoms.